The van der Waals surface area contributed by atoms with Gasteiger partial charge in [-0.3, -0.25) is 11.3 Å². The van der Waals surface area contributed by atoms with Gasteiger partial charge in [-0.05, 0) is 17.0 Å². The number of nitrogens with one attached hydrogen (secondary N) is 1. The number of hydrazine groups is 1. The molecule has 0 bridgehead atoms. The Morgan fingerprint density at radius 1 is 1.21 bits per heavy atom. The first-order valence-corrected chi connectivity index (χ1v) is 6.64. The minimum atomic E-state index is 0.0855. The van der Waals surface area contributed by atoms with Crippen LogP contribution in [0.5, 0.6) is 0 Å². The molecule has 0 amide bonds. The predicted octanol–water partition coefficient (Wildman–Crippen LogP) is 2.29. The SMILES string of the molecule is CC(C)c1ccc(C(Cc2nccn2C)NN)cc1. The topological polar surface area (TPSA) is 55.9 Å². The molecule has 1 heterocycles. The van der Waals surface area contributed by atoms with Gasteiger partial charge in [-0.25, -0.2) is 4.98 Å². The maximum Gasteiger partial charge on any atom is 0.110 e. The maximum absolute atomic E-state index is 5.68. The first kappa shape index (κ1) is 13.8. The van der Waals surface area contributed by atoms with Crippen molar-refractivity contribution >= 4 is 0 Å². The van der Waals surface area contributed by atoms with Crippen LogP contribution >= 0.6 is 0 Å². The fraction of sp³-hybridized carbons (Fsp3) is 0.400. The summed E-state index contributed by atoms with van der Waals surface area (Å²) in [7, 11) is 2.00. The van der Waals surface area contributed by atoms with Crippen molar-refractivity contribution in [3.63, 3.8) is 0 Å². The standard InChI is InChI=1S/C15H22N4/c1-11(2)12-4-6-13(7-5-12)14(18-16)10-15-17-8-9-19(15)3/h4-9,11,14,18H,10,16H2,1-3H3. The molecule has 0 aliphatic carbocycles. The molecule has 1 unspecified atom stereocenters. The van der Waals surface area contributed by atoms with E-state index < -0.39 is 0 Å². The third-order valence-electron chi connectivity index (χ3n) is 3.51. The summed E-state index contributed by atoms with van der Waals surface area (Å²) in [6.45, 7) is 4.39. The van der Waals surface area contributed by atoms with E-state index in [2.05, 4.69) is 48.5 Å². The van der Waals surface area contributed by atoms with Gasteiger partial charge in [-0.15, -0.1) is 0 Å². The molecule has 0 spiro atoms. The van der Waals surface area contributed by atoms with Gasteiger partial charge < -0.3 is 4.57 Å². The highest BCUT2D eigenvalue weighted by atomic mass is 15.2. The monoisotopic (exact) mass is 258 g/mol. The van der Waals surface area contributed by atoms with Gasteiger partial charge in [0.1, 0.15) is 5.82 Å². The number of nitrogens with two attached hydrogens (primary N) is 1. The smallest absolute Gasteiger partial charge is 0.110 e. The van der Waals surface area contributed by atoms with Crippen LogP contribution in [0, 0.1) is 0 Å². The molecule has 1 aromatic carbocycles. The summed E-state index contributed by atoms with van der Waals surface area (Å²) in [5.41, 5.74) is 5.41. The van der Waals surface area contributed by atoms with E-state index in [-0.39, 0.29) is 6.04 Å². The van der Waals surface area contributed by atoms with E-state index in [1.807, 2.05) is 24.0 Å². The summed E-state index contributed by atoms with van der Waals surface area (Å²) in [5.74, 6) is 7.26. The largest absolute Gasteiger partial charge is 0.338 e. The molecule has 0 radical (unpaired) electrons. The zero-order chi connectivity index (χ0) is 13.8. The van der Waals surface area contributed by atoms with Crippen molar-refractivity contribution < 1.29 is 0 Å². The minimum Gasteiger partial charge on any atom is -0.338 e. The van der Waals surface area contributed by atoms with Crippen LogP contribution in [0.2, 0.25) is 0 Å². The van der Waals surface area contributed by atoms with Gasteiger partial charge >= 0.3 is 0 Å². The fourth-order valence-electron chi connectivity index (χ4n) is 2.16. The van der Waals surface area contributed by atoms with Crippen LogP contribution in [0.3, 0.4) is 0 Å². The Labute approximate surface area is 114 Å². The maximum atomic E-state index is 5.68. The normalized spacial score (nSPS) is 12.9. The Morgan fingerprint density at radius 3 is 2.32 bits per heavy atom. The lowest BCUT2D eigenvalue weighted by Crippen LogP contribution is -2.30. The van der Waals surface area contributed by atoms with Gasteiger partial charge in [0, 0.05) is 25.9 Å². The van der Waals surface area contributed by atoms with Gasteiger partial charge in [0.25, 0.3) is 0 Å². The Hall–Kier alpha value is -1.65. The van der Waals surface area contributed by atoms with Crippen molar-refractivity contribution in [3.8, 4) is 0 Å². The summed E-state index contributed by atoms with van der Waals surface area (Å²) in [4.78, 5) is 4.34. The molecule has 1 aromatic heterocycles. The van der Waals surface area contributed by atoms with E-state index in [9.17, 15) is 0 Å². The number of aromatic nitrogens is 2. The van der Waals surface area contributed by atoms with E-state index in [0.29, 0.717) is 5.92 Å². The molecule has 4 nitrogen and oxygen atoms in total. The summed E-state index contributed by atoms with van der Waals surface area (Å²) in [5, 5.41) is 0. The van der Waals surface area contributed by atoms with Gasteiger partial charge in [0.15, 0.2) is 0 Å². The van der Waals surface area contributed by atoms with Gasteiger partial charge in [-0.2, -0.15) is 0 Å². The summed E-state index contributed by atoms with van der Waals surface area (Å²) in [6, 6.07) is 8.71. The van der Waals surface area contributed by atoms with Crippen molar-refractivity contribution in [2.75, 3.05) is 0 Å². The Bertz CT molecular complexity index is 513. The van der Waals surface area contributed by atoms with E-state index in [4.69, 9.17) is 5.84 Å². The van der Waals surface area contributed by atoms with Gasteiger partial charge in [-0.1, -0.05) is 38.1 Å². The lowest BCUT2D eigenvalue weighted by molar-refractivity contribution is 0.530. The lowest BCUT2D eigenvalue weighted by atomic mass is 9.98. The van der Waals surface area contributed by atoms with Crippen LogP contribution in [0.25, 0.3) is 0 Å². The average Bonchev–Trinajstić information content (AvgIpc) is 2.81. The third kappa shape index (κ3) is 3.22. The first-order chi connectivity index (χ1) is 9.11. The minimum absolute atomic E-state index is 0.0855. The molecule has 0 saturated heterocycles. The van der Waals surface area contributed by atoms with Crippen LogP contribution < -0.4 is 11.3 Å². The molecule has 19 heavy (non-hydrogen) atoms. The molecule has 1 atom stereocenters. The second kappa shape index (κ2) is 5.99. The molecule has 0 saturated carbocycles. The zero-order valence-corrected chi connectivity index (χ0v) is 11.8. The number of hydrogen-bond acceptors (Lipinski definition) is 3. The van der Waals surface area contributed by atoms with E-state index in [0.717, 1.165) is 12.2 Å². The van der Waals surface area contributed by atoms with Gasteiger partial charge in [0.05, 0.1) is 6.04 Å². The Balaban J connectivity index is 2.15. The van der Waals surface area contributed by atoms with Crippen molar-refractivity contribution in [2.45, 2.75) is 32.2 Å². The summed E-state index contributed by atoms with van der Waals surface area (Å²) in [6.07, 6.45) is 4.54. The van der Waals surface area contributed by atoms with Crippen molar-refractivity contribution in [1.29, 1.82) is 0 Å². The lowest BCUT2D eigenvalue weighted by Gasteiger charge is -2.17. The van der Waals surface area contributed by atoms with Crippen molar-refractivity contribution in [1.82, 2.24) is 15.0 Å². The summed E-state index contributed by atoms with van der Waals surface area (Å²) >= 11 is 0. The van der Waals surface area contributed by atoms with E-state index in [1.165, 1.54) is 11.1 Å². The van der Waals surface area contributed by atoms with Crippen LogP contribution in [0.4, 0.5) is 0 Å². The van der Waals surface area contributed by atoms with Crippen LogP contribution in [-0.2, 0) is 13.5 Å². The number of aryl methyl sites for hydroxylation is 1. The molecular formula is C15H22N4. The molecule has 0 fully saturated rings. The van der Waals surface area contributed by atoms with Gasteiger partial charge in [0.2, 0.25) is 0 Å². The highest BCUT2D eigenvalue weighted by molar-refractivity contribution is 5.27. The summed E-state index contributed by atoms with van der Waals surface area (Å²) < 4.78 is 2.02. The third-order valence-corrected chi connectivity index (χ3v) is 3.51. The van der Waals surface area contributed by atoms with Crippen molar-refractivity contribution in [2.24, 2.45) is 12.9 Å². The highest BCUT2D eigenvalue weighted by Gasteiger charge is 2.13. The first-order valence-electron chi connectivity index (χ1n) is 6.64. The predicted molar refractivity (Wildman–Crippen MR) is 77.5 cm³/mol. The highest BCUT2D eigenvalue weighted by Crippen LogP contribution is 2.20. The average molecular weight is 258 g/mol. The van der Waals surface area contributed by atoms with Crippen molar-refractivity contribution in [3.05, 3.63) is 53.6 Å². The molecule has 2 rings (SSSR count). The number of hydrogen-bond donors (Lipinski definition) is 2. The number of benzene rings is 1. The quantitative estimate of drug-likeness (QED) is 0.639. The molecule has 4 heteroatoms. The molecule has 0 aliphatic heterocycles. The van der Waals surface area contributed by atoms with E-state index >= 15 is 0 Å². The van der Waals surface area contributed by atoms with Crippen LogP contribution in [-0.4, -0.2) is 9.55 Å². The molecule has 0 aliphatic rings. The fourth-order valence-corrected chi connectivity index (χ4v) is 2.16. The number of imidazole rings is 1. The Kier molecular flexibility index (Phi) is 4.35. The zero-order valence-electron chi connectivity index (χ0n) is 11.8. The second-order valence-electron chi connectivity index (χ2n) is 5.20. The van der Waals surface area contributed by atoms with E-state index in [1.54, 1.807) is 0 Å². The second-order valence-corrected chi connectivity index (χ2v) is 5.20. The Morgan fingerprint density at radius 2 is 1.84 bits per heavy atom. The molecule has 3 N–H and O–H groups in total. The number of nitrogens with zero attached hydrogens (tertiary/aromatic N) is 2. The number of rotatable bonds is 5. The van der Waals surface area contributed by atoms with Crippen LogP contribution in [0.1, 0.15) is 42.8 Å². The molecule has 102 valence electrons. The van der Waals surface area contributed by atoms with Crippen LogP contribution in [0.15, 0.2) is 36.7 Å². The molecular weight excluding hydrogens is 236 g/mol. The molecule has 2 aromatic rings.